The van der Waals surface area contributed by atoms with E-state index in [0.717, 1.165) is 16.5 Å². The highest BCUT2D eigenvalue weighted by Gasteiger charge is 2.37. The second kappa shape index (κ2) is 11.1. The Balaban J connectivity index is 1.55. The lowest BCUT2D eigenvalue weighted by Gasteiger charge is -2.40. The molecular weight excluding hydrogens is 556 g/mol. The molecule has 2 aromatic heterocycles. The van der Waals surface area contributed by atoms with Crippen molar-refractivity contribution < 1.29 is 23.1 Å². The van der Waals surface area contributed by atoms with Crippen LogP contribution in [0.4, 0.5) is 19.4 Å². The van der Waals surface area contributed by atoms with E-state index in [1.54, 1.807) is 34.6 Å². The summed E-state index contributed by atoms with van der Waals surface area (Å²) in [5, 5.41) is 14.7. The number of imidazole rings is 1. The monoisotopic (exact) mass is 593 g/mol. The van der Waals surface area contributed by atoms with Crippen LogP contribution in [0.2, 0.25) is 5.02 Å². The Bertz CT molecular complexity index is 1450. The average molecular weight is 594 g/mol. The first-order valence-corrected chi connectivity index (χ1v) is 13.9. The molecule has 1 aliphatic heterocycles. The Morgan fingerprint density at radius 3 is 2.39 bits per heavy atom. The Hall–Kier alpha value is -3.41. The van der Waals surface area contributed by atoms with Gasteiger partial charge in [-0.3, -0.25) is 9.89 Å². The fourth-order valence-electron chi connectivity index (χ4n) is 4.77. The second-order valence-electron chi connectivity index (χ2n) is 12.6. The number of anilines is 1. The van der Waals surface area contributed by atoms with E-state index in [9.17, 15) is 18.4 Å². The number of hydrogen-bond donors (Lipinski definition) is 3. The Morgan fingerprint density at radius 2 is 1.83 bits per heavy atom. The number of benzene rings is 1. The van der Waals surface area contributed by atoms with Crippen molar-refractivity contribution in [2.75, 3.05) is 18.4 Å². The SMILES string of the molecule is CC(C)n1c(CNc2n[nH]c3cc(Cl)c(C(C)(C)C)cc23)nc(C(F)F)c1C(=O)NC1CN(C(=O)OC(C)(C)C)C1. The molecule has 0 radical (unpaired) electrons. The van der Waals surface area contributed by atoms with Gasteiger partial charge in [0.05, 0.1) is 18.1 Å². The zero-order chi connectivity index (χ0) is 30.4. The molecule has 0 atom stereocenters. The molecule has 2 amide bonds. The Kier molecular flexibility index (Phi) is 8.28. The number of carbonyl (C=O) groups excluding carboxylic acids is 2. The summed E-state index contributed by atoms with van der Waals surface area (Å²) in [7, 11) is 0. The minimum absolute atomic E-state index is 0.0501. The first-order chi connectivity index (χ1) is 19.0. The van der Waals surface area contributed by atoms with Gasteiger partial charge in [-0.1, -0.05) is 32.4 Å². The van der Waals surface area contributed by atoms with Crippen LogP contribution in [-0.4, -0.2) is 61.4 Å². The van der Waals surface area contributed by atoms with Crippen LogP contribution in [0.1, 0.15) is 95.4 Å². The van der Waals surface area contributed by atoms with E-state index in [4.69, 9.17) is 16.3 Å². The lowest BCUT2D eigenvalue weighted by atomic mass is 9.86. The van der Waals surface area contributed by atoms with Gasteiger partial charge in [0.15, 0.2) is 5.82 Å². The molecule has 0 bridgehead atoms. The molecule has 224 valence electrons. The number of fused-ring (bicyclic) bond motifs is 1. The summed E-state index contributed by atoms with van der Waals surface area (Å²) in [4.78, 5) is 31.2. The number of nitrogens with zero attached hydrogens (tertiary/aromatic N) is 4. The van der Waals surface area contributed by atoms with Gasteiger partial charge in [-0.25, -0.2) is 18.6 Å². The minimum atomic E-state index is -2.96. The molecule has 1 saturated heterocycles. The molecule has 0 aliphatic carbocycles. The predicted molar refractivity (Wildman–Crippen MR) is 154 cm³/mol. The van der Waals surface area contributed by atoms with Crippen molar-refractivity contribution in [3.63, 3.8) is 0 Å². The summed E-state index contributed by atoms with van der Waals surface area (Å²) in [6.45, 7) is 15.6. The first kappa shape index (κ1) is 30.5. The number of likely N-dealkylation sites (tertiary alicyclic amines) is 1. The van der Waals surface area contributed by atoms with E-state index in [1.807, 2.05) is 12.1 Å². The van der Waals surface area contributed by atoms with E-state index in [-0.39, 0.29) is 42.6 Å². The van der Waals surface area contributed by atoms with Gasteiger partial charge in [0.2, 0.25) is 0 Å². The highest BCUT2D eigenvalue weighted by Crippen LogP contribution is 2.35. The molecule has 3 aromatic rings. The largest absolute Gasteiger partial charge is 0.444 e. The molecule has 4 rings (SSSR count). The minimum Gasteiger partial charge on any atom is -0.444 e. The lowest BCUT2D eigenvalue weighted by Crippen LogP contribution is -2.61. The summed E-state index contributed by atoms with van der Waals surface area (Å²) in [5.41, 5.74) is 0.0377. The van der Waals surface area contributed by atoms with Crippen molar-refractivity contribution in [1.29, 1.82) is 0 Å². The van der Waals surface area contributed by atoms with Crippen molar-refractivity contribution in [2.24, 2.45) is 0 Å². The van der Waals surface area contributed by atoms with Gasteiger partial charge in [0, 0.05) is 29.5 Å². The van der Waals surface area contributed by atoms with Crippen molar-refractivity contribution >= 4 is 40.3 Å². The van der Waals surface area contributed by atoms with Gasteiger partial charge >= 0.3 is 6.09 Å². The number of amides is 2. The van der Waals surface area contributed by atoms with Gasteiger partial charge in [-0.05, 0) is 57.7 Å². The van der Waals surface area contributed by atoms with E-state index in [0.29, 0.717) is 10.8 Å². The molecule has 10 nitrogen and oxygen atoms in total. The van der Waals surface area contributed by atoms with Crippen molar-refractivity contribution in [3.8, 4) is 0 Å². The van der Waals surface area contributed by atoms with Crippen molar-refractivity contribution in [1.82, 2.24) is 30.0 Å². The number of halogens is 3. The zero-order valence-corrected chi connectivity index (χ0v) is 25.4. The maximum atomic E-state index is 14.1. The summed E-state index contributed by atoms with van der Waals surface area (Å²) < 4.78 is 35.1. The fourth-order valence-corrected chi connectivity index (χ4v) is 5.21. The molecular formula is C28H38ClF2N7O3. The smallest absolute Gasteiger partial charge is 0.410 e. The normalized spacial score (nSPS) is 14.6. The predicted octanol–water partition coefficient (Wildman–Crippen LogP) is 6.19. The third-order valence-electron chi connectivity index (χ3n) is 6.69. The third kappa shape index (κ3) is 6.58. The van der Waals surface area contributed by atoms with Crippen LogP contribution < -0.4 is 10.6 Å². The van der Waals surface area contributed by atoms with E-state index >= 15 is 0 Å². The number of carbonyl (C=O) groups is 2. The number of aromatic nitrogens is 4. The van der Waals surface area contributed by atoms with E-state index in [1.165, 1.54) is 9.47 Å². The molecule has 0 saturated carbocycles. The van der Waals surface area contributed by atoms with Crippen LogP contribution in [0.25, 0.3) is 10.9 Å². The van der Waals surface area contributed by atoms with Crippen LogP contribution in [0.3, 0.4) is 0 Å². The molecule has 0 unspecified atom stereocenters. The molecule has 1 fully saturated rings. The number of alkyl halides is 2. The van der Waals surface area contributed by atoms with Gasteiger partial charge in [0.25, 0.3) is 12.3 Å². The number of rotatable bonds is 7. The van der Waals surface area contributed by atoms with Crippen LogP contribution in [-0.2, 0) is 16.7 Å². The van der Waals surface area contributed by atoms with Crippen LogP contribution in [0, 0.1) is 0 Å². The summed E-state index contributed by atoms with van der Waals surface area (Å²) >= 11 is 6.49. The standard InChI is InChI=1S/C28H38ClF2N7O3/c1-14(2)38-20(11-32-24-16-9-17(27(3,4)5)18(29)10-19(16)35-36-24)34-21(23(30)31)22(38)25(39)33-15-12-37(13-15)26(40)41-28(6,7)8/h9-10,14-15,23H,11-13H2,1-8H3,(H,33,39)(H2,32,35,36). The van der Waals surface area contributed by atoms with Crippen molar-refractivity contribution in [2.45, 2.75) is 91.5 Å². The Morgan fingerprint density at radius 1 is 1.17 bits per heavy atom. The average Bonchev–Trinajstić information content (AvgIpc) is 3.38. The van der Waals surface area contributed by atoms with E-state index < -0.39 is 35.8 Å². The number of aromatic amines is 1. The maximum absolute atomic E-state index is 14.1. The van der Waals surface area contributed by atoms with Crippen LogP contribution in [0.5, 0.6) is 0 Å². The van der Waals surface area contributed by atoms with Gasteiger partial charge in [-0.2, -0.15) is 5.10 Å². The number of nitrogens with one attached hydrogen (secondary N) is 3. The lowest BCUT2D eigenvalue weighted by molar-refractivity contribution is 0.00526. The fraction of sp³-hybridized carbons (Fsp3) is 0.571. The first-order valence-electron chi connectivity index (χ1n) is 13.6. The molecule has 41 heavy (non-hydrogen) atoms. The van der Waals surface area contributed by atoms with Gasteiger partial charge in [-0.15, -0.1) is 0 Å². The Labute approximate surface area is 243 Å². The molecule has 3 heterocycles. The summed E-state index contributed by atoms with van der Waals surface area (Å²) in [6, 6.07) is 3.04. The van der Waals surface area contributed by atoms with Gasteiger partial charge < -0.3 is 24.8 Å². The topological polar surface area (TPSA) is 117 Å². The maximum Gasteiger partial charge on any atom is 0.410 e. The molecule has 1 aromatic carbocycles. The number of hydrogen-bond acceptors (Lipinski definition) is 6. The quantitative estimate of drug-likeness (QED) is 0.301. The van der Waals surface area contributed by atoms with Gasteiger partial charge in [0.1, 0.15) is 22.8 Å². The highest BCUT2D eigenvalue weighted by molar-refractivity contribution is 6.32. The molecule has 3 N–H and O–H groups in total. The number of H-pyrrole nitrogens is 1. The van der Waals surface area contributed by atoms with E-state index in [2.05, 4.69) is 46.6 Å². The number of ether oxygens (including phenoxy) is 1. The van der Waals surface area contributed by atoms with Crippen LogP contribution >= 0.6 is 11.6 Å². The van der Waals surface area contributed by atoms with Crippen LogP contribution in [0.15, 0.2) is 12.1 Å². The third-order valence-corrected chi connectivity index (χ3v) is 7.00. The molecule has 1 aliphatic rings. The zero-order valence-electron chi connectivity index (χ0n) is 24.7. The summed E-state index contributed by atoms with van der Waals surface area (Å²) in [5.74, 6) is 0.114. The highest BCUT2D eigenvalue weighted by atomic mass is 35.5. The molecule has 0 spiro atoms. The molecule has 13 heteroatoms. The van der Waals surface area contributed by atoms with Crippen molar-refractivity contribution in [3.05, 3.63) is 39.9 Å². The summed E-state index contributed by atoms with van der Waals surface area (Å²) in [6.07, 6.45) is -3.45. The second-order valence-corrected chi connectivity index (χ2v) is 13.0.